The van der Waals surface area contributed by atoms with Gasteiger partial charge in [0.05, 0.1) is 0 Å². The summed E-state index contributed by atoms with van der Waals surface area (Å²) in [4.78, 5) is 1.28. The SMILES string of the molecule is Clc1ccc(CSc2ccc(Br)cc2)cc1. The van der Waals surface area contributed by atoms with E-state index in [9.17, 15) is 0 Å². The van der Waals surface area contributed by atoms with Crippen LogP contribution in [-0.2, 0) is 5.75 Å². The summed E-state index contributed by atoms with van der Waals surface area (Å²) in [5.41, 5.74) is 1.29. The van der Waals surface area contributed by atoms with Crippen LogP contribution < -0.4 is 0 Å². The zero-order chi connectivity index (χ0) is 11.4. The van der Waals surface area contributed by atoms with Crippen molar-refractivity contribution in [2.24, 2.45) is 0 Å². The van der Waals surface area contributed by atoms with E-state index in [0.717, 1.165) is 15.2 Å². The van der Waals surface area contributed by atoms with Gasteiger partial charge in [0.1, 0.15) is 0 Å². The van der Waals surface area contributed by atoms with Crippen molar-refractivity contribution in [3.8, 4) is 0 Å². The number of halogens is 2. The molecule has 0 nitrogen and oxygen atoms in total. The zero-order valence-corrected chi connectivity index (χ0v) is 11.6. The number of rotatable bonds is 3. The molecule has 0 aliphatic heterocycles. The van der Waals surface area contributed by atoms with E-state index in [1.165, 1.54) is 10.5 Å². The molecule has 0 atom stereocenters. The maximum Gasteiger partial charge on any atom is 0.0406 e. The van der Waals surface area contributed by atoms with Gasteiger partial charge in [0.2, 0.25) is 0 Å². The van der Waals surface area contributed by atoms with Crippen molar-refractivity contribution in [2.45, 2.75) is 10.6 Å². The number of thioether (sulfide) groups is 1. The molecule has 2 aromatic carbocycles. The maximum atomic E-state index is 5.83. The fourth-order valence-electron chi connectivity index (χ4n) is 1.28. The van der Waals surface area contributed by atoms with Crippen LogP contribution in [0.5, 0.6) is 0 Å². The molecule has 0 saturated heterocycles. The Labute approximate surface area is 113 Å². The van der Waals surface area contributed by atoms with Crippen LogP contribution in [0.4, 0.5) is 0 Å². The smallest absolute Gasteiger partial charge is 0.0406 e. The van der Waals surface area contributed by atoms with Gasteiger partial charge >= 0.3 is 0 Å². The molecule has 0 fully saturated rings. The zero-order valence-electron chi connectivity index (χ0n) is 8.49. The molecule has 82 valence electrons. The molecule has 16 heavy (non-hydrogen) atoms. The van der Waals surface area contributed by atoms with Gasteiger partial charge in [-0.3, -0.25) is 0 Å². The van der Waals surface area contributed by atoms with E-state index in [1.54, 1.807) is 0 Å². The van der Waals surface area contributed by atoms with Gasteiger partial charge < -0.3 is 0 Å². The third-order valence-electron chi connectivity index (χ3n) is 2.13. The molecule has 0 N–H and O–H groups in total. The van der Waals surface area contributed by atoms with Gasteiger partial charge in [0.25, 0.3) is 0 Å². The van der Waals surface area contributed by atoms with E-state index < -0.39 is 0 Å². The molecule has 0 saturated carbocycles. The first-order valence-corrected chi connectivity index (χ1v) is 7.02. The Morgan fingerprint density at radius 1 is 0.938 bits per heavy atom. The average Bonchev–Trinajstić information content (AvgIpc) is 2.30. The van der Waals surface area contributed by atoms with Crippen LogP contribution in [0.2, 0.25) is 5.02 Å². The van der Waals surface area contributed by atoms with Crippen LogP contribution in [0.1, 0.15) is 5.56 Å². The van der Waals surface area contributed by atoms with Crippen molar-refractivity contribution in [1.82, 2.24) is 0 Å². The molecule has 0 spiro atoms. The third-order valence-corrected chi connectivity index (χ3v) is 4.00. The quantitative estimate of drug-likeness (QED) is 0.684. The fourth-order valence-corrected chi connectivity index (χ4v) is 2.52. The molecule has 0 aliphatic rings. The molecule has 2 rings (SSSR count). The van der Waals surface area contributed by atoms with Crippen molar-refractivity contribution >= 4 is 39.3 Å². The molecule has 0 amide bonds. The van der Waals surface area contributed by atoms with Crippen molar-refractivity contribution in [3.05, 3.63) is 63.6 Å². The minimum Gasteiger partial charge on any atom is -0.121 e. The Kier molecular flexibility index (Phi) is 4.33. The predicted molar refractivity (Wildman–Crippen MR) is 75.2 cm³/mol. The second kappa shape index (κ2) is 5.76. The number of hydrogen-bond acceptors (Lipinski definition) is 1. The van der Waals surface area contributed by atoms with Gasteiger partial charge in [-0.2, -0.15) is 0 Å². The molecule has 0 unspecified atom stereocenters. The van der Waals surface area contributed by atoms with Crippen LogP contribution in [0, 0.1) is 0 Å². The van der Waals surface area contributed by atoms with Gasteiger partial charge in [-0.15, -0.1) is 11.8 Å². The largest absolute Gasteiger partial charge is 0.121 e. The highest BCUT2D eigenvalue weighted by Gasteiger charge is 1.96. The van der Waals surface area contributed by atoms with Crippen LogP contribution >= 0.6 is 39.3 Å². The Morgan fingerprint density at radius 3 is 2.19 bits per heavy atom. The van der Waals surface area contributed by atoms with E-state index in [4.69, 9.17) is 11.6 Å². The van der Waals surface area contributed by atoms with E-state index in [0.29, 0.717) is 0 Å². The Bertz CT molecular complexity index is 405. The first-order valence-electron chi connectivity index (χ1n) is 4.87. The third kappa shape index (κ3) is 3.55. The first-order chi connectivity index (χ1) is 7.74. The van der Waals surface area contributed by atoms with E-state index >= 15 is 0 Å². The molecule has 0 aliphatic carbocycles. The van der Waals surface area contributed by atoms with Crippen molar-refractivity contribution in [3.63, 3.8) is 0 Å². The Hall–Kier alpha value is -0.440. The second-order valence-electron chi connectivity index (χ2n) is 3.37. The lowest BCUT2D eigenvalue weighted by Crippen LogP contribution is -1.79. The summed E-state index contributed by atoms with van der Waals surface area (Å²) in [6.45, 7) is 0. The summed E-state index contributed by atoms with van der Waals surface area (Å²) >= 11 is 11.1. The lowest BCUT2D eigenvalue weighted by atomic mass is 10.2. The average molecular weight is 314 g/mol. The maximum absolute atomic E-state index is 5.83. The van der Waals surface area contributed by atoms with Crippen LogP contribution in [0.15, 0.2) is 57.9 Å². The minimum atomic E-state index is 0.789. The van der Waals surface area contributed by atoms with Gasteiger partial charge in [-0.25, -0.2) is 0 Å². The van der Waals surface area contributed by atoms with E-state index in [2.05, 4.69) is 52.3 Å². The van der Waals surface area contributed by atoms with Gasteiger partial charge in [0, 0.05) is 20.1 Å². The molecular formula is C13H10BrClS. The molecular weight excluding hydrogens is 304 g/mol. The minimum absolute atomic E-state index is 0.789. The fraction of sp³-hybridized carbons (Fsp3) is 0.0769. The topological polar surface area (TPSA) is 0 Å². The van der Waals surface area contributed by atoms with E-state index in [1.807, 2.05) is 23.9 Å². The highest BCUT2D eigenvalue weighted by atomic mass is 79.9. The summed E-state index contributed by atoms with van der Waals surface area (Å²) in [6, 6.07) is 16.3. The summed E-state index contributed by atoms with van der Waals surface area (Å²) in [5.74, 6) is 0.971. The summed E-state index contributed by atoms with van der Waals surface area (Å²) < 4.78 is 1.11. The van der Waals surface area contributed by atoms with Crippen LogP contribution in [0.25, 0.3) is 0 Å². The van der Waals surface area contributed by atoms with E-state index in [-0.39, 0.29) is 0 Å². The molecule has 2 aromatic rings. The Morgan fingerprint density at radius 2 is 1.56 bits per heavy atom. The monoisotopic (exact) mass is 312 g/mol. The Balaban J connectivity index is 1.97. The van der Waals surface area contributed by atoms with Crippen molar-refractivity contribution in [2.75, 3.05) is 0 Å². The lowest BCUT2D eigenvalue weighted by molar-refractivity contribution is 1.38. The number of hydrogen-bond donors (Lipinski definition) is 0. The normalized spacial score (nSPS) is 10.4. The molecule has 3 heteroatoms. The molecule has 0 radical (unpaired) electrons. The van der Waals surface area contributed by atoms with Crippen molar-refractivity contribution < 1.29 is 0 Å². The standard InChI is InChI=1S/C13H10BrClS/c14-11-3-7-13(8-4-11)16-9-10-1-5-12(15)6-2-10/h1-8H,9H2. The molecule has 0 aromatic heterocycles. The lowest BCUT2D eigenvalue weighted by Gasteiger charge is -2.02. The highest BCUT2D eigenvalue weighted by Crippen LogP contribution is 2.24. The van der Waals surface area contributed by atoms with Gasteiger partial charge in [-0.1, -0.05) is 39.7 Å². The van der Waals surface area contributed by atoms with Crippen LogP contribution in [-0.4, -0.2) is 0 Å². The summed E-state index contributed by atoms with van der Waals surface area (Å²) in [5, 5.41) is 0.789. The number of benzene rings is 2. The molecule has 0 bridgehead atoms. The summed E-state index contributed by atoms with van der Waals surface area (Å²) in [7, 11) is 0. The molecule has 0 heterocycles. The predicted octanol–water partition coefficient (Wildman–Crippen LogP) is 5.39. The van der Waals surface area contributed by atoms with Crippen LogP contribution in [0.3, 0.4) is 0 Å². The first kappa shape index (κ1) is 12.0. The summed E-state index contributed by atoms with van der Waals surface area (Å²) in [6.07, 6.45) is 0. The second-order valence-corrected chi connectivity index (χ2v) is 5.77. The highest BCUT2D eigenvalue weighted by molar-refractivity contribution is 9.10. The van der Waals surface area contributed by atoms with Crippen molar-refractivity contribution in [1.29, 1.82) is 0 Å². The van der Waals surface area contributed by atoms with Gasteiger partial charge in [-0.05, 0) is 42.0 Å². The van der Waals surface area contributed by atoms with Gasteiger partial charge in [0.15, 0.2) is 0 Å².